The number of nitrogens with one attached hydrogen (secondary N) is 1. The first kappa shape index (κ1) is 18.6. The number of carbonyl (C=O) groups excluding carboxylic acids is 1. The maximum Gasteiger partial charge on any atom is 0.267 e. The molecule has 2 aromatic heterocycles. The Morgan fingerprint density at radius 3 is 2.54 bits per heavy atom. The minimum Gasteiger partial charge on any atom is -0.321 e. The van der Waals surface area contributed by atoms with Crippen molar-refractivity contribution in [3.8, 4) is 21.0 Å². The maximum absolute atomic E-state index is 13.0. The van der Waals surface area contributed by atoms with Gasteiger partial charge in [-0.3, -0.25) is 4.79 Å². The quantitative estimate of drug-likeness (QED) is 0.404. The Hall–Kier alpha value is -2.76. The summed E-state index contributed by atoms with van der Waals surface area (Å²) in [5, 5.41) is 5.99. The number of hydrogen-bond acceptors (Lipinski definition) is 4. The Labute approximate surface area is 172 Å². The van der Waals surface area contributed by atoms with E-state index in [2.05, 4.69) is 47.6 Å². The van der Waals surface area contributed by atoms with E-state index in [4.69, 9.17) is 0 Å². The third-order valence-corrected chi connectivity index (χ3v) is 6.68. The summed E-state index contributed by atoms with van der Waals surface area (Å²) < 4.78 is 0. The zero-order chi connectivity index (χ0) is 19.5. The molecule has 0 fully saturated rings. The smallest absolute Gasteiger partial charge is 0.267 e. The van der Waals surface area contributed by atoms with Gasteiger partial charge in [0.25, 0.3) is 5.91 Å². The number of anilines is 1. The van der Waals surface area contributed by atoms with E-state index in [0.29, 0.717) is 4.88 Å². The lowest BCUT2D eigenvalue weighted by molar-refractivity contribution is 0.103. The molecule has 4 rings (SSSR count). The highest BCUT2D eigenvalue weighted by Gasteiger charge is 2.18. The number of hydrogen-bond donors (Lipinski definition) is 1. The molecule has 140 valence electrons. The number of amides is 1. The molecule has 0 aliphatic heterocycles. The third-order valence-electron chi connectivity index (χ3n) is 4.57. The topological polar surface area (TPSA) is 42.0 Å². The predicted molar refractivity (Wildman–Crippen MR) is 119 cm³/mol. The van der Waals surface area contributed by atoms with E-state index in [9.17, 15) is 4.79 Å². The van der Waals surface area contributed by atoms with Crippen molar-refractivity contribution in [1.29, 1.82) is 0 Å². The molecule has 0 atom stereocenters. The fraction of sp³-hybridized carbons (Fsp3) is 0.130. The van der Waals surface area contributed by atoms with Gasteiger partial charge in [-0.05, 0) is 36.4 Å². The van der Waals surface area contributed by atoms with Gasteiger partial charge in [0.15, 0.2) is 0 Å². The van der Waals surface area contributed by atoms with Crippen molar-refractivity contribution >= 4 is 34.3 Å². The molecule has 5 heteroatoms. The van der Waals surface area contributed by atoms with Crippen LogP contribution in [0.3, 0.4) is 0 Å². The molecule has 0 saturated carbocycles. The summed E-state index contributed by atoms with van der Waals surface area (Å²) in [4.78, 5) is 19.4. The Balaban J connectivity index is 1.60. The number of para-hydroxylation sites is 1. The summed E-state index contributed by atoms with van der Waals surface area (Å²) in [6.45, 7) is 4.03. The van der Waals surface area contributed by atoms with Gasteiger partial charge in [-0.15, -0.1) is 22.7 Å². The highest BCUT2D eigenvalue weighted by atomic mass is 32.1. The summed E-state index contributed by atoms with van der Waals surface area (Å²) in [6.07, 6.45) is 1.01. The molecular formula is C23H20N2OS2. The molecule has 2 aromatic carbocycles. The van der Waals surface area contributed by atoms with E-state index in [1.165, 1.54) is 16.9 Å². The molecule has 0 saturated heterocycles. The summed E-state index contributed by atoms with van der Waals surface area (Å²) in [6, 6.07) is 20.3. The second-order valence-corrected chi connectivity index (χ2v) is 8.41. The number of aromatic nitrogens is 1. The second-order valence-electron chi connectivity index (χ2n) is 6.46. The molecular weight excluding hydrogens is 384 g/mol. The van der Waals surface area contributed by atoms with Crippen LogP contribution in [0.25, 0.3) is 21.0 Å². The number of carbonyl (C=O) groups is 1. The van der Waals surface area contributed by atoms with Gasteiger partial charge < -0.3 is 5.32 Å². The Morgan fingerprint density at radius 2 is 1.82 bits per heavy atom. The van der Waals surface area contributed by atoms with Crippen LogP contribution in [0.4, 0.5) is 5.69 Å². The standard InChI is InChI=1S/C23H20N2OS2/c1-3-16-10-12-17(13-11-16)23-24-15(2)21(28-23)22(26)25-19-8-5-4-7-18(19)20-9-6-14-27-20/h4-14H,3H2,1-2H3,(H,25,26). The lowest BCUT2D eigenvalue weighted by atomic mass is 10.1. The Kier molecular flexibility index (Phi) is 5.37. The van der Waals surface area contributed by atoms with Crippen LogP contribution in [0.15, 0.2) is 66.0 Å². The predicted octanol–water partition coefficient (Wildman–Crippen LogP) is 6.66. The lowest BCUT2D eigenvalue weighted by Crippen LogP contribution is -2.12. The average molecular weight is 405 g/mol. The number of nitrogens with zero attached hydrogens (tertiary/aromatic N) is 1. The van der Waals surface area contributed by atoms with Crippen LogP contribution in [0.1, 0.15) is 27.9 Å². The zero-order valence-corrected chi connectivity index (χ0v) is 17.4. The third kappa shape index (κ3) is 3.77. The molecule has 3 nitrogen and oxygen atoms in total. The molecule has 1 N–H and O–H groups in total. The van der Waals surface area contributed by atoms with Gasteiger partial charge in [0.1, 0.15) is 9.88 Å². The van der Waals surface area contributed by atoms with Gasteiger partial charge in [-0.2, -0.15) is 0 Å². The van der Waals surface area contributed by atoms with Crippen molar-refractivity contribution in [2.24, 2.45) is 0 Å². The largest absolute Gasteiger partial charge is 0.321 e. The minimum absolute atomic E-state index is 0.115. The van der Waals surface area contributed by atoms with Crippen molar-refractivity contribution in [1.82, 2.24) is 4.98 Å². The van der Waals surface area contributed by atoms with E-state index < -0.39 is 0 Å². The monoisotopic (exact) mass is 404 g/mol. The van der Waals surface area contributed by atoms with E-state index >= 15 is 0 Å². The van der Waals surface area contributed by atoms with Gasteiger partial charge in [0.05, 0.1) is 5.69 Å². The number of thiazole rings is 1. The average Bonchev–Trinajstić information content (AvgIpc) is 3.38. The molecule has 4 aromatic rings. The van der Waals surface area contributed by atoms with Crippen molar-refractivity contribution in [3.63, 3.8) is 0 Å². The van der Waals surface area contributed by atoms with Crippen molar-refractivity contribution in [2.45, 2.75) is 20.3 Å². The lowest BCUT2D eigenvalue weighted by Gasteiger charge is -2.09. The molecule has 0 spiro atoms. The Morgan fingerprint density at radius 1 is 1.04 bits per heavy atom. The number of thiophene rings is 1. The minimum atomic E-state index is -0.115. The van der Waals surface area contributed by atoms with Crippen LogP contribution in [0, 0.1) is 6.92 Å². The highest BCUT2D eigenvalue weighted by Crippen LogP contribution is 2.33. The van der Waals surface area contributed by atoms with Crippen molar-refractivity contribution < 1.29 is 4.79 Å². The zero-order valence-electron chi connectivity index (χ0n) is 15.7. The van der Waals surface area contributed by atoms with Crippen LogP contribution in [0.2, 0.25) is 0 Å². The van der Waals surface area contributed by atoms with Gasteiger partial charge in [0.2, 0.25) is 0 Å². The highest BCUT2D eigenvalue weighted by molar-refractivity contribution is 7.17. The van der Waals surface area contributed by atoms with Crippen LogP contribution in [-0.4, -0.2) is 10.9 Å². The molecule has 0 aliphatic rings. The maximum atomic E-state index is 13.0. The van der Waals surface area contributed by atoms with Crippen molar-refractivity contribution in [3.05, 3.63) is 82.2 Å². The van der Waals surface area contributed by atoms with Crippen LogP contribution >= 0.6 is 22.7 Å². The van der Waals surface area contributed by atoms with Gasteiger partial charge in [-0.1, -0.05) is 55.5 Å². The molecule has 28 heavy (non-hydrogen) atoms. The fourth-order valence-corrected chi connectivity index (χ4v) is 4.76. The fourth-order valence-electron chi connectivity index (χ4n) is 3.03. The molecule has 2 heterocycles. The van der Waals surface area contributed by atoms with Crippen molar-refractivity contribution in [2.75, 3.05) is 5.32 Å². The first-order valence-electron chi connectivity index (χ1n) is 9.16. The van der Waals surface area contributed by atoms with Gasteiger partial charge in [0, 0.05) is 21.7 Å². The van der Waals surface area contributed by atoms with Gasteiger partial charge in [-0.25, -0.2) is 4.98 Å². The molecule has 0 radical (unpaired) electrons. The number of rotatable bonds is 5. The van der Waals surface area contributed by atoms with Crippen LogP contribution in [-0.2, 0) is 6.42 Å². The van der Waals surface area contributed by atoms with E-state index in [1.54, 1.807) is 11.3 Å². The first-order valence-corrected chi connectivity index (χ1v) is 10.9. The summed E-state index contributed by atoms with van der Waals surface area (Å²) in [5.41, 5.74) is 4.94. The van der Waals surface area contributed by atoms with E-state index in [0.717, 1.165) is 38.8 Å². The Bertz CT molecular complexity index is 1100. The summed E-state index contributed by atoms with van der Waals surface area (Å²) >= 11 is 3.10. The number of aryl methyl sites for hydroxylation is 2. The molecule has 0 aliphatic carbocycles. The number of benzene rings is 2. The molecule has 0 unspecified atom stereocenters. The van der Waals surface area contributed by atoms with Crippen LogP contribution < -0.4 is 5.32 Å². The molecule has 1 amide bonds. The van der Waals surface area contributed by atoms with Crippen LogP contribution in [0.5, 0.6) is 0 Å². The summed E-state index contributed by atoms with van der Waals surface area (Å²) in [7, 11) is 0. The normalized spacial score (nSPS) is 10.8. The van der Waals surface area contributed by atoms with Gasteiger partial charge >= 0.3 is 0 Å². The second kappa shape index (κ2) is 8.09. The first-order chi connectivity index (χ1) is 13.7. The molecule has 0 bridgehead atoms. The summed E-state index contributed by atoms with van der Waals surface area (Å²) in [5.74, 6) is -0.115. The SMILES string of the molecule is CCc1ccc(-c2nc(C)c(C(=O)Nc3ccccc3-c3cccs3)s2)cc1. The van der Waals surface area contributed by atoms with E-state index in [1.807, 2.05) is 42.6 Å². The van der Waals surface area contributed by atoms with E-state index in [-0.39, 0.29) is 5.91 Å².